The van der Waals surface area contributed by atoms with E-state index in [-0.39, 0.29) is 81.3 Å². The molecule has 400 valence electrons. The average Bonchev–Trinajstić information content (AvgIpc) is 4.00. The Kier molecular flexibility index (Phi) is 17.0. The number of rotatable bonds is 19. The molecular formula is C55H58Cl2N12O8. The summed E-state index contributed by atoms with van der Waals surface area (Å²) in [5.74, 6) is -1.19. The summed E-state index contributed by atoms with van der Waals surface area (Å²) in [6.45, 7) is 6.53. The highest BCUT2D eigenvalue weighted by atomic mass is 35.5. The van der Waals surface area contributed by atoms with E-state index in [2.05, 4.69) is 67.5 Å². The first-order chi connectivity index (χ1) is 37.2. The van der Waals surface area contributed by atoms with Crippen LogP contribution in [0.25, 0.3) is 10.8 Å². The molecule has 1 unspecified atom stereocenters. The van der Waals surface area contributed by atoms with Crippen LogP contribution in [0.4, 0.5) is 26.8 Å². The number of hydrogen-bond donors (Lipinski definition) is 6. The SMILES string of the molecule is C=C(COC(=O)NCCc1ccc(Cl)cc1NC(=O)NCc1ccc2c(c1)CN(C1CCC(=O)NC1=O)C2=O)C(=O)N[C@@H](CC#N)CNc1nc(OC[C@@H]2CCCN2C)nc2c1CCN(c1cccc3cccc(Cl)c13)C2. The molecule has 3 atom stereocenters. The zero-order chi connectivity index (χ0) is 54.2. The number of ether oxygens (including phenoxy) is 2. The Hall–Kier alpha value is -7.99. The van der Waals surface area contributed by atoms with Crippen molar-refractivity contribution >= 4 is 86.9 Å². The van der Waals surface area contributed by atoms with E-state index >= 15 is 0 Å². The molecule has 1 aromatic heterocycles. The van der Waals surface area contributed by atoms with Crippen molar-refractivity contribution in [2.45, 2.75) is 82.7 Å². The van der Waals surface area contributed by atoms with Gasteiger partial charge in [-0.05, 0) is 98.1 Å². The topological polar surface area (TPSA) is 252 Å². The highest BCUT2D eigenvalue weighted by molar-refractivity contribution is 6.36. The van der Waals surface area contributed by atoms with E-state index in [0.29, 0.717) is 64.4 Å². The Bertz CT molecular complexity index is 3180. The molecule has 5 heterocycles. The van der Waals surface area contributed by atoms with Gasteiger partial charge in [-0.1, -0.05) is 72.2 Å². The lowest BCUT2D eigenvalue weighted by Crippen LogP contribution is -2.52. The van der Waals surface area contributed by atoms with Gasteiger partial charge in [0.1, 0.15) is 25.1 Å². The summed E-state index contributed by atoms with van der Waals surface area (Å²) in [6, 6.07) is 22.8. The van der Waals surface area contributed by atoms with Gasteiger partial charge in [0.15, 0.2) is 0 Å². The van der Waals surface area contributed by atoms with Crippen molar-refractivity contribution in [3.63, 3.8) is 0 Å². The molecule has 4 aliphatic heterocycles. The fourth-order valence-corrected chi connectivity index (χ4v) is 10.5. The van der Waals surface area contributed by atoms with E-state index in [1.54, 1.807) is 36.4 Å². The maximum absolute atomic E-state index is 13.4. The molecule has 7 amide bonds. The summed E-state index contributed by atoms with van der Waals surface area (Å²) in [5, 5.41) is 29.6. The van der Waals surface area contributed by atoms with Crippen LogP contribution in [-0.2, 0) is 51.6 Å². The van der Waals surface area contributed by atoms with Crippen molar-refractivity contribution in [3.8, 4) is 12.1 Å². The molecule has 6 N–H and O–H groups in total. The van der Waals surface area contributed by atoms with Crippen LogP contribution >= 0.6 is 23.2 Å². The number of nitriles is 1. The molecule has 4 aliphatic rings. The summed E-state index contributed by atoms with van der Waals surface area (Å²) in [6.07, 6.45) is 2.54. The van der Waals surface area contributed by atoms with Crippen molar-refractivity contribution in [3.05, 3.63) is 129 Å². The third-order valence-corrected chi connectivity index (χ3v) is 14.8. The number of fused-ring (bicyclic) bond motifs is 3. The largest absolute Gasteiger partial charge is 0.462 e. The summed E-state index contributed by atoms with van der Waals surface area (Å²) in [4.78, 5) is 92.2. The zero-order valence-electron chi connectivity index (χ0n) is 42.4. The third-order valence-electron chi connectivity index (χ3n) is 14.2. The Labute approximate surface area is 454 Å². The predicted molar refractivity (Wildman–Crippen MR) is 290 cm³/mol. The number of nitrogens with zero attached hydrogens (tertiary/aromatic N) is 6. The number of imide groups is 1. The summed E-state index contributed by atoms with van der Waals surface area (Å²) < 4.78 is 11.6. The van der Waals surface area contributed by atoms with Crippen molar-refractivity contribution in [2.75, 3.05) is 62.0 Å². The van der Waals surface area contributed by atoms with E-state index < -0.39 is 42.6 Å². The molecular weight excluding hydrogens is 1030 g/mol. The van der Waals surface area contributed by atoms with Crippen molar-refractivity contribution in [1.82, 2.24) is 41.0 Å². The van der Waals surface area contributed by atoms with Gasteiger partial charge in [0, 0.05) is 83.7 Å². The van der Waals surface area contributed by atoms with Gasteiger partial charge in [0.05, 0.1) is 35.8 Å². The molecule has 0 aliphatic carbocycles. The number of alkyl carbamates (subject to hydrolysis) is 1. The Morgan fingerprint density at radius 2 is 1.81 bits per heavy atom. The summed E-state index contributed by atoms with van der Waals surface area (Å²) in [7, 11) is 2.08. The first-order valence-electron chi connectivity index (χ1n) is 25.5. The first kappa shape index (κ1) is 53.8. The van der Waals surface area contributed by atoms with Crippen LogP contribution in [0.15, 0.2) is 84.9 Å². The Morgan fingerprint density at radius 3 is 2.60 bits per heavy atom. The molecule has 4 aromatic carbocycles. The van der Waals surface area contributed by atoms with Gasteiger partial charge in [-0.15, -0.1) is 0 Å². The average molecular weight is 1090 g/mol. The van der Waals surface area contributed by atoms with Gasteiger partial charge in [0.25, 0.3) is 5.91 Å². The number of likely N-dealkylation sites (tertiary alicyclic amines) is 1. The van der Waals surface area contributed by atoms with E-state index in [0.717, 1.165) is 52.7 Å². The number of piperidine rings is 1. The minimum atomic E-state index is -0.806. The lowest BCUT2D eigenvalue weighted by atomic mass is 10.0. The molecule has 9 rings (SSSR count). The standard InChI is InChI=1S/C55H58Cl2N12O8/c1-32(30-77-55(75)59-21-18-34-12-13-37(56)25-43(34)63-53(74)61-26-33-11-14-40-36(24-33)28-69(52(40)73)46-15-16-47(70)65-51(46)72)50(71)62-38(17-20-58)27-60-49-41-19-23-68(45-10-4-7-35-6-3-9-42(57)48(35)45)29-44(41)64-54(66-49)76-31-39-8-5-22-67(39)2/h3-4,6-7,9-14,24-25,38-39,46H,1,5,8,15-19,21-23,26-31H2,2H3,(H,59,75)(H,62,71)(H,60,64,66)(H2,61,63,74)(H,65,70,72)/t38-,39-,46?/m0/s1. The van der Waals surface area contributed by atoms with Gasteiger partial charge in [-0.25, -0.2) is 9.59 Å². The van der Waals surface area contributed by atoms with Crippen LogP contribution < -0.4 is 41.5 Å². The maximum Gasteiger partial charge on any atom is 0.407 e. The van der Waals surface area contributed by atoms with Gasteiger partial charge in [0.2, 0.25) is 17.7 Å². The number of carbonyl (C=O) groups is 6. The second kappa shape index (κ2) is 24.3. The van der Waals surface area contributed by atoms with Crippen molar-refractivity contribution in [2.24, 2.45) is 0 Å². The molecule has 0 saturated carbocycles. The monoisotopic (exact) mass is 1080 g/mol. The number of anilines is 3. The van der Waals surface area contributed by atoms with E-state index in [9.17, 15) is 34.0 Å². The van der Waals surface area contributed by atoms with Crippen LogP contribution in [0.1, 0.15) is 70.4 Å². The molecule has 2 fully saturated rings. The minimum absolute atomic E-state index is 0.0384. The number of halogens is 2. The van der Waals surface area contributed by atoms with E-state index in [1.165, 1.54) is 4.90 Å². The Morgan fingerprint density at radius 1 is 0.974 bits per heavy atom. The maximum atomic E-state index is 13.4. The Balaban J connectivity index is 0.746. The van der Waals surface area contributed by atoms with Crippen molar-refractivity contribution in [1.29, 1.82) is 5.26 Å². The van der Waals surface area contributed by atoms with E-state index in [1.807, 2.05) is 30.3 Å². The predicted octanol–water partition coefficient (Wildman–Crippen LogP) is 6.39. The highest BCUT2D eigenvalue weighted by Gasteiger charge is 2.39. The van der Waals surface area contributed by atoms with Crippen LogP contribution in [-0.4, -0.2) is 120 Å². The second-order valence-electron chi connectivity index (χ2n) is 19.4. The number of nitrogens with one attached hydrogen (secondary N) is 6. The van der Waals surface area contributed by atoms with Crippen molar-refractivity contribution < 1.29 is 38.2 Å². The minimum Gasteiger partial charge on any atom is -0.462 e. The molecule has 20 nitrogen and oxygen atoms in total. The fraction of sp³-hybridized carbons (Fsp3) is 0.364. The quantitative estimate of drug-likeness (QED) is 0.0387. The molecule has 22 heteroatoms. The molecule has 77 heavy (non-hydrogen) atoms. The number of amides is 7. The van der Waals surface area contributed by atoms with Gasteiger partial charge in [-0.2, -0.15) is 15.2 Å². The number of hydrogen-bond acceptors (Lipinski definition) is 14. The first-order valence-corrected chi connectivity index (χ1v) is 26.2. The molecule has 2 saturated heterocycles. The van der Waals surface area contributed by atoms with Gasteiger partial charge < -0.3 is 50.8 Å². The molecule has 0 spiro atoms. The number of carbonyl (C=O) groups excluding carboxylic acids is 6. The molecule has 0 radical (unpaired) electrons. The van der Waals surface area contributed by atoms with E-state index in [4.69, 9.17) is 42.6 Å². The fourth-order valence-electron chi connectivity index (χ4n) is 10.1. The molecule has 5 aromatic rings. The molecule has 0 bridgehead atoms. The number of urea groups is 1. The lowest BCUT2D eigenvalue weighted by Gasteiger charge is -2.32. The third kappa shape index (κ3) is 13.0. The summed E-state index contributed by atoms with van der Waals surface area (Å²) in [5.41, 5.74) is 5.62. The van der Waals surface area contributed by atoms with Gasteiger partial charge >= 0.3 is 18.1 Å². The van der Waals surface area contributed by atoms with Crippen LogP contribution in [0.3, 0.4) is 0 Å². The second-order valence-corrected chi connectivity index (χ2v) is 20.3. The normalized spacial score (nSPS) is 17.4. The number of benzene rings is 4. The van der Waals surface area contributed by atoms with Gasteiger partial charge in [-0.3, -0.25) is 24.5 Å². The summed E-state index contributed by atoms with van der Waals surface area (Å²) >= 11 is 13.0. The lowest BCUT2D eigenvalue weighted by molar-refractivity contribution is -0.137. The smallest absolute Gasteiger partial charge is 0.407 e. The van der Waals surface area contributed by atoms with Crippen LogP contribution in [0.5, 0.6) is 6.01 Å². The zero-order valence-corrected chi connectivity index (χ0v) is 43.9. The van der Waals surface area contributed by atoms with Crippen LogP contribution in [0, 0.1) is 11.3 Å². The number of likely N-dealkylation sites (N-methyl/N-ethyl adjacent to an activating group) is 1. The van der Waals surface area contributed by atoms with Crippen LogP contribution in [0.2, 0.25) is 10.0 Å². The number of aromatic nitrogens is 2. The highest BCUT2D eigenvalue weighted by Crippen LogP contribution is 2.37.